The number of amides is 1. The molecule has 30 heavy (non-hydrogen) atoms. The van der Waals surface area contributed by atoms with Crippen LogP contribution >= 0.6 is 11.6 Å². The van der Waals surface area contributed by atoms with Crippen molar-refractivity contribution in [2.75, 3.05) is 11.8 Å². The van der Waals surface area contributed by atoms with Gasteiger partial charge in [0.1, 0.15) is 5.75 Å². The van der Waals surface area contributed by atoms with Crippen LogP contribution in [0.15, 0.2) is 41.3 Å². The van der Waals surface area contributed by atoms with Crippen molar-refractivity contribution < 1.29 is 31.1 Å². The maximum atomic E-state index is 12.9. The van der Waals surface area contributed by atoms with Gasteiger partial charge in [0.15, 0.2) is 0 Å². The number of anilines is 1. The normalized spacial score (nSPS) is 16.5. The van der Waals surface area contributed by atoms with Crippen LogP contribution in [0.25, 0.3) is 0 Å². The van der Waals surface area contributed by atoms with E-state index < -0.39 is 28.1 Å². The summed E-state index contributed by atoms with van der Waals surface area (Å²) in [7, 11) is -2.59. The fourth-order valence-corrected chi connectivity index (χ4v) is 4.86. The van der Waals surface area contributed by atoms with E-state index in [1.165, 1.54) is 43.5 Å². The zero-order valence-electron chi connectivity index (χ0n) is 15.7. The minimum atomic E-state index is -4.99. The van der Waals surface area contributed by atoms with Crippen LogP contribution in [0.1, 0.15) is 17.5 Å². The van der Waals surface area contributed by atoms with Crippen LogP contribution in [0.3, 0.4) is 0 Å². The molecule has 162 valence electrons. The SMILES string of the molecule is COc1ccc(S(=O)(=O)Nc2ccc(Cl)cc2)c2c1CC(NC(=O)C(F)(F)F)CC2. The summed E-state index contributed by atoms with van der Waals surface area (Å²) < 4.78 is 71.3. The summed E-state index contributed by atoms with van der Waals surface area (Å²) in [6.45, 7) is 0. The first kappa shape index (κ1) is 22.2. The average molecular weight is 463 g/mol. The first-order valence-corrected chi connectivity index (χ1v) is 10.7. The number of benzene rings is 2. The van der Waals surface area contributed by atoms with Crippen LogP contribution in [-0.4, -0.2) is 33.7 Å². The average Bonchev–Trinajstić information content (AvgIpc) is 2.67. The number of fused-ring (bicyclic) bond motifs is 1. The topological polar surface area (TPSA) is 84.5 Å². The number of methoxy groups -OCH3 is 1. The molecule has 0 radical (unpaired) electrons. The van der Waals surface area contributed by atoms with Crippen LogP contribution in [-0.2, 0) is 27.7 Å². The highest BCUT2D eigenvalue weighted by Gasteiger charge is 2.40. The molecule has 1 unspecified atom stereocenters. The largest absolute Gasteiger partial charge is 0.496 e. The van der Waals surface area contributed by atoms with Gasteiger partial charge in [-0.3, -0.25) is 9.52 Å². The summed E-state index contributed by atoms with van der Waals surface area (Å²) in [4.78, 5) is 11.3. The van der Waals surface area contributed by atoms with E-state index in [0.717, 1.165) is 0 Å². The van der Waals surface area contributed by atoms with Gasteiger partial charge in [-0.1, -0.05) is 11.6 Å². The predicted molar refractivity (Wildman–Crippen MR) is 105 cm³/mol. The second-order valence-corrected chi connectivity index (χ2v) is 8.83. The van der Waals surface area contributed by atoms with Crippen molar-refractivity contribution in [3.8, 4) is 5.75 Å². The number of carbonyl (C=O) groups excluding carboxylic acids is 1. The second kappa shape index (κ2) is 8.35. The highest BCUT2D eigenvalue weighted by molar-refractivity contribution is 7.92. The Morgan fingerprint density at radius 2 is 1.80 bits per heavy atom. The van der Waals surface area contributed by atoms with Gasteiger partial charge >= 0.3 is 12.1 Å². The lowest BCUT2D eigenvalue weighted by atomic mass is 9.87. The van der Waals surface area contributed by atoms with Gasteiger partial charge in [-0.05, 0) is 61.2 Å². The third-order valence-electron chi connectivity index (χ3n) is 4.74. The van der Waals surface area contributed by atoms with E-state index in [9.17, 15) is 26.4 Å². The molecule has 6 nitrogen and oxygen atoms in total. The van der Waals surface area contributed by atoms with Crippen LogP contribution in [0, 0.1) is 0 Å². The molecule has 2 aromatic rings. The molecule has 1 atom stereocenters. The first-order valence-electron chi connectivity index (χ1n) is 8.86. The quantitative estimate of drug-likeness (QED) is 0.710. The fourth-order valence-electron chi connectivity index (χ4n) is 3.38. The van der Waals surface area contributed by atoms with Crippen molar-refractivity contribution in [1.29, 1.82) is 0 Å². The van der Waals surface area contributed by atoms with Gasteiger partial charge < -0.3 is 10.1 Å². The lowest BCUT2D eigenvalue weighted by Gasteiger charge is -2.28. The number of sulfonamides is 1. The molecule has 0 bridgehead atoms. The minimum absolute atomic E-state index is 0.00819. The zero-order valence-corrected chi connectivity index (χ0v) is 17.3. The molecule has 0 aromatic heterocycles. The molecular weight excluding hydrogens is 445 g/mol. The molecule has 3 rings (SSSR count). The van der Waals surface area contributed by atoms with Crippen molar-refractivity contribution in [3.05, 3.63) is 52.5 Å². The molecule has 0 fully saturated rings. The zero-order chi connectivity index (χ0) is 22.1. The van der Waals surface area contributed by atoms with E-state index >= 15 is 0 Å². The predicted octanol–water partition coefficient (Wildman–Crippen LogP) is 3.69. The van der Waals surface area contributed by atoms with Gasteiger partial charge in [-0.2, -0.15) is 13.2 Å². The van der Waals surface area contributed by atoms with Crippen LogP contribution < -0.4 is 14.8 Å². The Hall–Kier alpha value is -2.46. The number of hydrogen-bond acceptors (Lipinski definition) is 4. The van der Waals surface area contributed by atoms with E-state index in [-0.39, 0.29) is 24.2 Å². The number of carbonyl (C=O) groups is 1. The van der Waals surface area contributed by atoms with E-state index in [4.69, 9.17) is 16.3 Å². The van der Waals surface area contributed by atoms with E-state index in [1.807, 2.05) is 5.32 Å². The summed E-state index contributed by atoms with van der Waals surface area (Å²) in [5.74, 6) is -1.68. The van der Waals surface area contributed by atoms with Crippen molar-refractivity contribution in [3.63, 3.8) is 0 Å². The minimum Gasteiger partial charge on any atom is -0.496 e. The maximum absolute atomic E-state index is 12.9. The Kier molecular flexibility index (Phi) is 6.19. The van der Waals surface area contributed by atoms with Crippen LogP contribution in [0.4, 0.5) is 18.9 Å². The molecule has 1 amide bonds. The molecular formula is C19H18ClF3N2O4S. The third-order valence-corrected chi connectivity index (χ3v) is 6.46. The highest BCUT2D eigenvalue weighted by Crippen LogP contribution is 2.35. The Labute approximate surface area is 176 Å². The highest BCUT2D eigenvalue weighted by atomic mass is 35.5. The summed E-state index contributed by atoms with van der Waals surface area (Å²) >= 11 is 5.81. The lowest BCUT2D eigenvalue weighted by Crippen LogP contribution is -2.45. The molecule has 2 aromatic carbocycles. The molecule has 0 heterocycles. The Balaban J connectivity index is 1.91. The third kappa shape index (κ3) is 4.81. The van der Waals surface area contributed by atoms with Gasteiger partial charge in [0.2, 0.25) is 0 Å². The summed E-state index contributed by atoms with van der Waals surface area (Å²) in [6.07, 6.45) is -4.65. The van der Waals surface area contributed by atoms with Crippen molar-refractivity contribution >= 4 is 33.2 Å². The van der Waals surface area contributed by atoms with Gasteiger partial charge in [0.05, 0.1) is 12.0 Å². The lowest BCUT2D eigenvalue weighted by molar-refractivity contribution is -0.174. The van der Waals surface area contributed by atoms with Crippen LogP contribution in [0.2, 0.25) is 5.02 Å². The summed E-state index contributed by atoms with van der Waals surface area (Å²) in [6, 6.07) is 8.15. The van der Waals surface area contributed by atoms with Crippen molar-refractivity contribution in [2.45, 2.75) is 36.4 Å². The monoisotopic (exact) mass is 462 g/mol. The fraction of sp³-hybridized carbons (Fsp3) is 0.316. The Morgan fingerprint density at radius 3 is 2.40 bits per heavy atom. The summed E-state index contributed by atoms with van der Waals surface area (Å²) in [5, 5.41) is 2.41. The summed E-state index contributed by atoms with van der Waals surface area (Å²) in [5.41, 5.74) is 1.22. The smallest absolute Gasteiger partial charge is 0.471 e. The van der Waals surface area contributed by atoms with Gasteiger partial charge in [-0.15, -0.1) is 0 Å². The van der Waals surface area contributed by atoms with E-state index in [2.05, 4.69) is 4.72 Å². The first-order chi connectivity index (χ1) is 14.0. The number of nitrogens with one attached hydrogen (secondary N) is 2. The van der Waals surface area contributed by atoms with Crippen molar-refractivity contribution in [2.24, 2.45) is 0 Å². The van der Waals surface area contributed by atoms with Crippen LogP contribution in [0.5, 0.6) is 5.75 Å². The maximum Gasteiger partial charge on any atom is 0.471 e. The molecule has 0 aliphatic heterocycles. The molecule has 1 aliphatic carbocycles. The Bertz CT molecular complexity index is 1060. The molecule has 0 spiro atoms. The number of hydrogen-bond donors (Lipinski definition) is 2. The number of alkyl halides is 3. The van der Waals surface area contributed by atoms with Gasteiger partial charge in [0, 0.05) is 22.3 Å². The van der Waals surface area contributed by atoms with Gasteiger partial charge in [0.25, 0.3) is 10.0 Å². The molecule has 0 saturated carbocycles. The molecule has 1 aliphatic rings. The van der Waals surface area contributed by atoms with Gasteiger partial charge in [-0.25, -0.2) is 8.42 Å². The van der Waals surface area contributed by atoms with Crippen molar-refractivity contribution in [1.82, 2.24) is 5.32 Å². The van der Waals surface area contributed by atoms with E-state index in [1.54, 1.807) is 0 Å². The number of ether oxygens (including phenoxy) is 1. The molecule has 0 saturated heterocycles. The molecule has 2 N–H and O–H groups in total. The number of halogens is 4. The second-order valence-electron chi connectivity index (χ2n) is 6.75. The number of rotatable bonds is 5. The molecule has 11 heteroatoms. The van der Waals surface area contributed by atoms with E-state index in [0.29, 0.717) is 27.6 Å². The Morgan fingerprint density at radius 1 is 1.13 bits per heavy atom. The standard InChI is InChI=1S/C19H18ClF3N2O4S/c1-29-16-8-9-17(30(27,28)25-12-4-2-11(20)3-5-12)14-7-6-13(10-15(14)16)24-18(26)19(21,22)23/h2-5,8-9,13,25H,6-7,10H2,1H3,(H,24,26).